The van der Waals surface area contributed by atoms with Gasteiger partial charge in [-0.25, -0.2) is 0 Å². The van der Waals surface area contributed by atoms with E-state index in [2.05, 4.69) is 5.32 Å². The highest BCUT2D eigenvalue weighted by Gasteiger charge is 2.16. The lowest BCUT2D eigenvalue weighted by molar-refractivity contribution is -0.119. The van der Waals surface area contributed by atoms with Crippen LogP contribution in [-0.4, -0.2) is 19.1 Å². The Labute approximate surface area is 119 Å². The minimum Gasteiger partial charge on any atom is -0.491 e. The fourth-order valence-electron chi connectivity index (χ4n) is 1.63. The number of nitrogens with two attached hydrogens (primary N) is 1. The number of carbonyl (C=O) groups is 1. The van der Waals surface area contributed by atoms with E-state index in [1.807, 2.05) is 13.8 Å². The molecule has 0 spiro atoms. The topological polar surface area (TPSA) is 64.3 Å². The van der Waals surface area contributed by atoms with Gasteiger partial charge < -0.3 is 15.8 Å². The van der Waals surface area contributed by atoms with Crippen molar-refractivity contribution >= 4 is 23.2 Å². The van der Waals surface area contributed by atoms with Gasteiger partial charge in [-0.15, -0.1) is 0 Å². The highest BCUT2D eigenvalue weighted by molar-refractivity contribution is 6.31. The molecule has 0 aromatic heterocycles. The summed E-state index contributed by atoms with van der Waals surface area (Å²) < 4.78 is 5.58. The van der Waals surface area contributed by atoms with E-state index in [0.717, 1.165) is 6.42 Å². The molecule has 0 aliphatic carbocycles. The number of ether oxygens (including phenoxy) is 1. The molecule has 4 nitrogen and oxygen atoms in total. The minimum absolute atomic E-state index is 0.103. The van der Waals surface area contributed by atoms with Gasteiger partial charge in [-0.1, -0.05) is 25.4 Å². The van der Waals surface area contributed by atoms with Crippen molar-refractivity contribution in [2.75, 3.05) is 18.5 Å². The van der Waals surface area contributed by atoms with Gasteiger partial charge in [-0.3, -0.25) is 4.79 Å². The first-order valence-corrected chi connectivity index (χ1v) is 6.93. The van der Waals surface area contributed by atoms with Crippen molar-refractivity contribution in [3.63, 3.8) is 0 Å². The van der Waals surface area contributed by atoms with Crippen LogP contribution in [0.2, 0.25) is 5.02 Å². The number of halogens is 1. The Hall–Kier alpha value is -1.26. The normalized spacial score (nSPS) is 12.0. The molecule has 106 valence electrons. The largest absolute Gasteiger partial charge is 0.491 e. The molecular formula is C14H21ClN2O2. The lowest BCUT2D eigenvalue weighted by Gasteiger charge is -2.16. The summed E-state index contributed by atoms with van der Waals surface area (Å²) in [7, 11) is 0. The van der Waals surface area contributed by atoms with E-state index < -0.39 is 0 Å². The fraction of sp³-hybridized carbons (Fsp3) is 0.500. The van der Waals surface area contributed by atoms with Gasteiger partial charge >= 0.3 is 0 Å². The average Bonchev–Trinajstić information content (AvgIpc) is 2.39. The van der Waals surface area contributed by atoms with Gasteiger partial charge in [0.1, 0.15) is 5.75 Å². The monoisotopic (exact) mass is 284 g/mol. The predicted molar refractivity (Wildman–Crippen MR) is 78.7 cm³/mol. The third-order valence-electron chi connectivity index (χ3n) is 2.81. The molecule has 0 aliphatic rings. The molecule has 1 aromatic carbocycles. The van der Waals surface area contributed by atoms with Crippen molar-refractivity contribution in [1.82, 2.24) is 0 Å². The summed E-state index contributed by atoms with van der Waals surface area (Å²) in [4.78, 5) is 12.0. The second-order valence-corrected chi connectivity index (χ2v) is 4.76. The van der Waals surface area contributed by atoms with Crippen LogP contribution in [0.4, 0.5) is 5.69 Å². The van der Waals surface area contributed by atoms with Crippen molar-refractivity contribution in [3.05, 3.63) is 23.2 Å². The first kappa shape index (κ1) is 15.8. The zero-order valence-electron chi connectivity index (χ0n) is 11.4. The van der Waals surface area contributed by atoms with E-state index in [1.165, 1.54) is 0 Å². The molecule has 5 heteroatoms. The van der Waals surface area contributed by atoms with E-state index in [-0.39, 0.29) is 11.8 Å². The standard InChI is InChI=1S/C14H21ClN2O2/c1-3-7-19-13-6-5-11(15)8-12(13)17-14(18)10(4-2)9-16/h5-6,8,10H,3-4,7,9,16H2,1-2H3,(H,17,18). The van der Waals surface area contributed by atoms with Crippen LogP contribution in [0.3, 0.4) is 0 Å². The van der Waals surface area contributed by atoms with Gasteiger partial charge in [-0.2, -0.15) is 0 Å². The fourth-order valence-corrected chi connectivity index (χ4v) is 1.80. The Bertz CT molecular complexity index is 420. The smallest absolute Gasteiger partial charge is 0.228 e. The van der Waals surface area contributed by atoms with Crippen LogP contribution in [0.15, 0.2) is 18.2 Å². The maximum absolute atomic E-state index is 12.0. The molecule has 0 saturated carbocycles. The van der Waals surface area contributed by atoms with Crippen LogP contribution in [0.25, 0.3) is 0 Å². The zero-order valence-corrected chi connectivity index (χ0v) is 12.2. The van der Waals surface area contributed by atoms with Crippen molar-refractivity contribution < 1.29 is 9.53 Å². The molecule has 0 aliphatic heterocycles. The van der Waals surface area contributed by atoms with Gasteiger partial charge in [0.2, 0.25) is 5.91 Å². The number of hydrogen-bond donors (Lipinski definition) is 2. The third kappa shape index (κ3) is 4.73. The molecule has 0 radical (unpaired) electrons. The molecule has 0 fully saturated rings. The molecule has 3 N–H and O–H groups in total. The summed E-state index contributed by atoms with van der Waals surface area (Å²) in [6.45, 7) is 4.88. The first-order valence-electron chi connectivity index (χ1n) is 6.55. The molecule has 1 unspecified atom stereocenters. The van der Waals surface area contributed by atoms with Crippen molar-refractivity contribution in [2.45, 2.75) is 26.7 Å². The van der Waals surface area contributed by atoms with Gasteiger partial charge in [-0.05, 0) is 31.0 Å². The Balaban J connectivity index is 2.85. The van der Waals surface area contributed by atoms with Gasteiger partial charge in [0, 0.05) is 11.6 Å². The van der Waals surface area contributed by atoms with E-state index in [4.69, 9.17) is 22.1 Å². The maximum atomic E-state index is 12.0. The molecule has 1 amide bonds. The maximum Gasteiger partial charge on any atom is 0.228 e. The highest BCUT2D eigenvalue weighted by atomic mass is 35.5. The Morgan fingerprint density at radius 1 is 1.47 bits per heavy atom. The van der Waals surface area contributed by atoms with Gasteiger partial charge in [0.05, 0.1) is 18.2 Å². The second-order valence-electron chi connectivity index (χ2n) is 4.32. The van der Waals surface area contributed by atoms with Crippen LogP contribution >= 0.6 is 11.6 Å². The number of carbonyl (C=O) groups excluding carboxylic acids is 1. The number of amides is 1. The molecular weight excluding hydrogens is 264 g/mol. The van der Waals surface area contributed by atoms with Crippen LogP contribution < -0.4 is 15.8 Å². The quantitative estimate of drug-likeness (QED) is 0.809. The van der Waals surface area contributed by atoms with E-state index in [9.17, 15) is 4.79 Å². The SMILES string of the molecule is CCCOc1ccc(Cl)cc1NC(=O)C(CC)CN. The Morgan fingerprint density at radius 2 is 2.21 bits per heavy atom. The summed E-state index contributed by atoms with van der Waals surface area (Å²) in [5.41, 5.74) is 6.16. The molecule has 19 heavy (non-hydrogen) atoms. The van der Waals surface area contributed by atoms with Crippen molar-refractivity contribution in [1.29, 1.82) is 0 Å². The van der Waals surface area contributed by atoms with E-state index in [0.29, 0.717) is 36.0 Å². The molecule has 1 atom stereocenters. The van der Waals surface area contributed by atoms with Crippen LogP contribution in [0, 0.1) is 5.92 Å². The summed E-state index contributed by atoms with van der Waals surface area (Å²) in [5, 5.41) is 3.39. The lowest BCUT2D eigenvalue weighted by Crippen LogP contribution is -2.28. The second kappa shape index (κ2) is 8.02. The third-order valence-corrected chi connectivity index (χ3v) is 3.04. The van der Waals surface area contributed by atoms with Crippen LogP contribution in [0.5, 0.6) is 5.75 Å². The molecule has 0 heterocycles. The van der Waals surface area contributed by atoms with Gasteiger partial charge in [0.15, 0.2) is 0 Å². The van der Waals surface area contributed by atoms with Crippen molar-refractivity contribution in [2.24, 2.45) is 11.7 Å². The molecule has 1 rings (SSSR count). The number of benzene rings is 1. The van der Waals surface area contributed by atoms with Crippen molar-refractivity contribution in [3.8, 4) is 5.75 Å². The lowest BCUT2D eigenvalue weighted by atomic mass is 10.1. The summed E-state index contributed by atoms with van der Waals surface area (Å²) in [5.74, 6) is 0.332. The first-order chi connectivity index (χ1) is 9.12. The highest BCUT2D eigenvalue weighted by Crippen LogP contribution is 2.28. The number of hydrogen-bond acceptors (Lipinski definition) is 3. The van der Waals surface area contributed by atoms with Gasteiger partial charge in [0.25, 0.3) is 0 Å². The summed E-state index contributed by atoms with van der Waals surface area (Å²) in [6.07, 6.45) is 1.60. The van der Waals surface area contributed by atoms with Crippen LogP contribution in [0.1, 0.15) is 26.7 Å². The number of rotatable bonds is 7. The number of anilines is 1. The summed E-state index contributed by atoms with van der Waals surface area (Å²) in [6, 6.07) is 5.19. The average molecular weight is 285 g/mol. The minimum atomic E-state index is -0.196. The van der Waals surface area contributed by atoms with E-state index in [1.54, 1.807) is 18.2 Å². The molecule has 0 bridgehead atoms. The summed E-state index contributed by atoms with van der Waals surface area (Å²) >= 11 is 5.95. The Kier molecular flexibility index (Phi) is 6.67. The number of nitrogens with one attached hydrogen (secondary N) is 1. The molecule has 1 aromatic rings. The Morgan fingerprint density at radius 3 is 2.79 bits per heavy atom. The van der Waals surface area contributed by atoms with Crippen LogP contribution in [-0.2, 0) is 4.79 Å². The zero-order chi connectivity index (χ0) is 14.3. The predicted octanol–water partition coefficient (Wildman–Crippen LogP) is 3.05. The molecule has 0 saturated heterocycles. The van der Waals surface area contributed by atoms with E-state index >= 15 is 0 Å².